The van der Waals surface area contributed by atoms with E-state index in [-0.39, 0.29) is 26.2 Å². The molecule has 0 fully saturated rings. The van der Waals surface area contributed by atoms with Crippen molar-refractivity contribution in [1.82, 2.24) is 0 Å². The summed E-state index contributed by atoms with van der Waals surface area (Å²) in [5.41, 5.74) is 12.6. The van der Waals surface area contributed by atoms with Gasteiger partial charge in [-0.3, -0.25) is 0 Å². The Morgan fingerprint density at radius 2 is 1.04 bits per heavy atom. The van der Waals surface area contributed by atoms with Gasteiger partial charge in [-0.05, 0) is 12.8 Å². The molecule has 2 aromatic carbocycles. The molecule has 0 N–H and O–H groups in total. The third-order valence-electron chi connectivity index (χ3n) is 6.27. The summed E-state index contributed by atoms with van der Waals surface area (Å²) in [5, 5.41) is 0. The molecule has 4 aliphatic rings. The number of allylic oxidation sites excluding steroid dienone is 4. The molecule has 4 aliphatic carbocycles. The van der Waals surface area contributed by atoms with E-state index in [1.165, 1.54) is 73.6 Å². The molecule has 0 nitrogen and oxygen atoms in total. The predicted molar refractivity (Wildman–Crippen MR) is 110 cm³/mol. The van der Waals surface area contributed by atoms with Gasteiger partial charge in [0.25, 0.3) is 0 Å². The van der Waals surface area contributed by atoms with Crippen molar-refractivity contribution in [3.8, 4) is 0 Å². The number of fused-ring (bicyclic) bond motifs is 4. The van der Waals surface area contributed by atoms with Gasteiger partial charge in [0.05, 0.1) is 0 Å². The summed E-state index contributed by atoms with van der Waals surface area (Å²) in [6.45, 7) is 0. The summed E-state index contributed by atoms with van der Waals surface area (Å²) >= 11 is 0. The van der Waals surface area contributed by atoms with E-state index in [1.807, 2.05) is 0 Å². The topological polar surface area (TPSA) is 0 Å². The van der Waals surface area contributed by atoms with Crippen molar-refractivity contribution in [2.24, 2.45) is 0 Å². The maximum absolute atomic E-state index is 2.43. The molecule has 2 aromatic rings. The standard InChI is InChI=1S/2C13H13.Zr/c2*1-3-7-12-10(5-1)9-11-6-2-4-8-13(11)12;/h2*1,3,5-7H,2,4,8-9H2;/q2*-1;+2. The Kier molecular flexibility index (Phi) is 5.79. The van der Waals surface area contributed by atoms with Crippen molar-refractivity contribution in [1.29, 1.82) is 0 Å². The van der Waals surface area contributed by atoms with E-state index in [0.29, 0.717) is 0 Å². The van der Waals surface area contributed by atoms with Crippen molar-refractivity contribution in [2.75, 3.05) is 0 Å². The molecule has 0 aliphatic heterocycles. The van der Waals surface area contributed by atoms with Gasteiger partial charge in [0.1, 0.15) is 0 Å². The third kappa shape index (κ3) is 3.64. The van der Waals surface area contributed by atoms with Crippen molar-refractivity contribution < 1.29 is 26.2 Å². The first-order valence-electron chi connectivity index (χ1n) is 10.2. The number of rotatable bonds is 0. The summed E-state index contributed by atoms with van der Waals surface area (Å²) in [6.07, 6.45) is 15.1. The molecule has 6 rings (SSSR count). The molecule has 134 valence electrons. The zero-order valence-corrected chi connectivity index (χ0v) is 18.4. The first kappa shape index (κ1) is 18.9. The van der Waals surface area contributed by atoms with Gasteiger partial charge in [-0.25, -0.2) is 24.0 Å². The van der Waals surface area contributed by atoms with Gasteiger partial charge in [-0.15, -0.1) is 24.0 Å². The molecule has 0 unspecified atom stereocenters. The second-order valence-electron chi connectivity index (χ2n) is 7.87. The normalized spacial score (nSPS) is 18.7. The van der Waals surface area contributed by atoms with Gasteiger partial charge in [0.2, 0.25) is 0 Å². The third-order valence-corrected chi connectivity index (χ3v) is 6.27. The van der Waals surface area contributed by atoms with Crippen LogP contribution in [-0.4, -0.2) is 0 Å². The quantitative estimate of drug-likeness (QED) is 0.406. The van der Waals surface area contributed by atoms with E-state index >= 15 is 0 Å². The van der Waals surface area contributed by atoms with Crippen LogP contribution in [0.3, 0.4) is 0 Å². The molecule has 27 heavy (non-hydrogen) atoms. The molecule has 0 bridgehead atoms. The predicted octanol–water partition coefficient (Wildman–Crippen LogP) is 6.77. The number of hydrogen-bond donors (Lipinski definition) is 0. The molecule has 0 saturated carbocycles. The summed E-state index contributed by atoms with van der Waals surface area (Å²) in [6, 6.07) is 17.7. The first-order chi connectivity index (χ1) is 12.9. The Labute approximate surface area is 182 Å². The van der Waals surface area contributed by atoms with Crippen molar-refractivity contribution in [2.45, 2.75) is 51.4 Å². The van der Waals surface area contributed by atoms with Crippen LogP contribution < -0.4 is 0 Å². The van der Waals surface area contributed by atoms with Crippen LogP contribution in [0.2, 0.25) is 0 Å². The first-order valence-corrected chi connectivity index (χ1v) is 10.2. The Hall–Kier alpha value is -1.46. The van der Waals surface area contributed by atoms with Gasteiger partial charge < -0.3 is 0 Å². The average molecular weight is 430 g/mol. The molecule has 0 amide bonds. The molecule has 0 saturated heterocycles. The molecule has 1 heteroatoms. The molecule has 0 aromatic heterocycles. The maximum atomic E-state index is 2.43. The van der Waals surface area contributed by atoms with Crippen LogP contribution >= 0.6 is 0 Å². The Morgan fingerprint density at radius 1 is 0.593 bits per heavy atom. The summed E-state index contributed by atoms with van der Waals surface area (Å²) in [7, 11) is 0. The van der Waals surface area contributed by atoms with Crippen LogP contribution in [0.15, 0.2) is 59.7 Å². The average Bonchev–Trinajstić information content (AvgIpc) is 3.27. The van der Waals surface area contributed by atoms with Gasteiger partial charge in [0, 0.05) is 0 Å². The summed E-state index contributed by atoms with van der Waals surface area (Å²) in [5.74, 6) is 0. The van der Waals surface area contributed by atoms with Crippen LogP contribution in [0, 0.1) is 12.8 Å². The zero-order valence-electron chi connectivity index (χ0n) is 15.9. The number of benzene rings is 2. The zero-order chi connectivity index (χ0) is 17.3. The molecular weight excluding hydrogens is 404 g/mol. The molecular formula is C26H26Zr. The minimum absolute atomic E-state index is 0. The second kappa shape index (κ2) is 8.28. The van der Waals surface area contributed by atoms with Crippen molar-refractivity contribution in [3.05, 3.63) is 94.8 Å². The summed E-state index contributed by atoms with van der Waals surface area (Å²) in [4.78, 5) is 0. The van der Waals surface area contributed by atoms with E-state index in [0.717, 1.165) is 0 Å². The largest absolute Gasteiger partial charge is 2.00 e. The van der Waals surface area contributed by atoms with E-state index in [9.17, 15) is 0 Å². The van der Waals surface area contributed by atoms with Crippen LogP contribution in [-0.2, 0) is 39.0 Å². The monoisotopic (exact) mass is 428 g/mol. The molecule has 0 spiro atoms. The van der Waals surface area contributed by atoms with E-state index < -0.39 is 0 Å². The van der Waals surface area contributed by atoms with E-state index in [4.69, 9.17) is 0 Å². The van der Waals surface area contributed by atoms with Crippen LogP contribution in [0.1, 0.15) is 60.8 Å². The minimum Gasteiger partial charge on any atom is -0.226 e. The second-order valence-corrected chi connectivity index (χ2v) is 7.87. The van der Waals surface area contributed by atoms with Gasteiger partial charge in [-0.1, -0.05) is 85.3 Å². The Bertz CT molecular complexity index is 824. The minimum atomic E-state index is 0. The Morgan fingerprint density at radius 3 is 1.52 bits per heavy atom. The van der Waals surface area contributed by atoms with Gasteiger partial charge >= 0.3 is 26.2 Å². The van der Waals surface area contributed by atoms with Crippen molar-refractivity contribution >= 4 is 11.1 Å². The maximum Gasteiger partial charge on any atom is 2.00 e. The van der Waals surface area contributed by atoms with Crippen LogP contribution in [0.4, 0.5) is 0 Å². The molecule has 0 radical (unpaired) electrons. The van der Waals surface area contributed by atoms with E-state index in [2.05, 4.69) is 61.4 Å². The van der Waals surface area contributed by atoms with Crippen LogP contribution in [0.5, 0.6) is 0 Å². The fraction of sp³-hybridized carbons (Fsp3) is 0.308. The Balaban J connectivity index is 0.000000129. The van der Waals surface area contributed by atoms with Gasteiger partial charge in [-0.2, -0.15) is 11.1 Å². The molecule has 0 heterocycles. The SMILES string of the molecule is [Zr+2].c1ccc2c(c1)CC1=C2CCC[CH-]1.c1ccc2c(c1)CC1=C2CCC[CH-]1. The smallest absolute Gasteiger partial charge is 0.226 e. The summed E-state index contributed by atoms with van der Waals surface area (Å²) < 4.78 is 0. The van der Waals surface area contributed by atoms with E-state index in [1.54, 1.807) is 22.3 Å². The van der Waals surface area contributed by atoms with Gasteiger partial charge in [0.15, 0.2) is 0 Å². The fourth-order valence-corrected chi connectivity index (χ4v) is 5.00. The molecule has 0 atom stereocenters. The van der Waals surface area contributed by atoms with Crippen LogP contribution in [0.25, 0.3) is 11.1 Å². The number of hydrogen-bond acceptors (Lipinski definition) is 0. The fourth-order valence-electron chi connectivity index (χ4n) is 5.00. The van der Waals surface area contributed by atoms with Crippen molar-refractivity contribution in [3.63, 3.8) is 0 Å².